The van der Waals surface area contributed by atoms with Crippen molar-refractivity contribution < 1.29 is 19.4 Å². The maximum absolute atomic E-state index is 12.5. The summed E-state index contributed by atoms with van der Waals surface area (Å²) in [4.78, 5) is 23.7. The van der Waals surface area contributed by atoms with Crippen molar-refractivity contribution in [2.24, 2.45) is 0 Å². The van der Waals surface area contributed by atoms with Gasteiger partial charge >= 0.3 is 0 Å². The summed E-state index contributed by atoms with van der Waals surface area (Å²) in [5.74, 6) is 0.400. The molecule has 0 aliphatic rings. The van der Waals surface area contributed by atoms with Crippen molar-refractivity contribution in [1.29, 1.82) is 0 Å². The predicted octanol–water partition coefficient (Wildman–Crippen LogP) is 5.60. The van der Waals surface area contributed by atoms with E-state index in [0.717, 1.165) is 24.0 Å². The highest BCUT2D eigenvalue weighted by Gasteiger charge is 2.14. The van der Waals surface area contributed by atoms with Gasteiger partial charge in [-0.25, -0.2) is 0 Å². The molecule has 32 heavy (non-hydrogen) atoms. The smallest absolute Gasteiger partial charge is 0.255 e. The Labute approximate surface area is 189 Å². The van der Waals surface area contributed by atoms with Crippen LogP contribution in [0.4, 0.5) is 0 Å². The maximum Gasteiger partial charge on any atom is 0.255 e. The van der Waals surface area contributed by atoms with Crippen molar-refractivity contribution in [3.63, 3.8) is 0 Å². The van der Waals surface area contributed by atoms with Crippen LogP contribution in [0.2, 0.25) is 0 Å². The van der Waals surface area contributed by atoms with Gasteiger partial charge in [0.05, 0.1) is 12.2 Å². The molecule has 0 heterocycles. The lowest BCUT2D eigenvalue weighted by atomic mass is 10.0. The van der Waals surface area contributed by atoms with Gasteiger partial charge in [0.1, 0.15) is 11.5 Å². The van der Waals surface area contributed by atoms with E-state index in [2.05, 4.69) is 31.3 Å². The molecule has 0 unspecified atom stereocenters. The Morgan fingerprint density at radius 2 is 1.91 bits per heavy atom. The maximum atomic E-state index is 12.5. The van der Waals surface area contributed by atoms with Crippen LogP contribution >= 0.6 is 0 Å². The van der Waals surface area contributed by atoms with Crippen LogP contribution in [0.1, 0.15) is 64.4 Å². The number of unbranched alkanes of at least 4 members (excludes halogenated alkanes) is 2. The normalized spacial score (nSPS) is 10.8. The zero-order chi connectivity index (χ0) is 22.9. The fourth-order valence-electron chi connectivity index (χ4n) is 3.81. The Kier molecular flexibility index (Phi) is 8.26. The Hall–Kier alpha value is -3.34. The summed E-state index contributed by atoms with van der Waals surface area (Å²) in [6.07, 6.45) is 6.16. The minimum Gasteiger partial charge on any atom is -0.506 e. The number of fused-ring (bicyclic) bond motifs is 1. The number of aldehydes is 1. The number of nitrogens with one attached hydrogen (secondary N) is 1. The first kappa shape index (κ1) is 23.3. The van der Waals surface area contributed by atoms with Gasteiger partial charge in [0.15, 0.2) is 6.29 Å². The highest BCUT2D eigenvalue weighted by atomic mass is 16.5. The van der Waals surface area contributed by atoms with E-state index in [4.69, 9.17) is 4.74 Å². The quantitative estimate of drug-likeness (QED) is 0.305. The van der Waals surface area contributed by atoms with Crippen LogP contribution in [-0.2, 0) is 6.42 Å². The van der Waals surface area contributed by atoms with E-state index in [0.29, 0.717) is 35.9 Å². The van der Waals surface area contributed by atoms with Gasteiger partial charge in [-0.2, -0.15) is 0 Å². The first-order chi connectivity index (χ1) is 15.5. The molecule has 5 nitrogen and oxygen atoms in total. The Balaban J connectivity index is 1.49. The zero-order valence-electron chi connectivity index (χ0n) is 18.8. The van der Waals surface area contributed by atoms with Crippen LogP contribution in [0.5, 0.6) is 11.5 Å². The Morgan fingerprint density at radius 1 is 1.06 bits per heavy atom. The van der Waals surface area contributed by atoms with Gasteiger partial charge in [0.25, 0.3) is 5.91 Å². The van der Waals surface area contributed by atoms with Gasteiger partial charge in [-0.05, 0) is 54.8 Å². The third-order valence-electron chi connectivity index (χ3n) is 5.61. The number of carbonyl (C=O) groups is 2. The lowest BCUT2D eigenvalue weighted by Crippen LogP contribution is -2.25. The SMILES string of the molecule is CCCCCc1ccc(OCCCNC(=O)c2ccc3c(C=O)cccc3c2O)c(C)c1. The average Bonchev–Trinajstić information content (AvgIpc) is 2.80. The third kappa shape index (κ3) is 5.67. The monoisotopic (exact) mass is 433 g/mol. The Morgan fingerprint density at radius 3 is 2.66 bits per heavy atom. The van der Waals surface area contributed by atoms with Crippen molar-refractivity contribution in [2.75, 3.05) is 13.2 Å². The number of benzene rings is 3. The molecule has 168 valence electrons. The average molecular weight is 434 g/mol. The third-order valence-corrected chi connectivity index (χ3v) is 5.61. The number of rotatable bonds is 11. The number of amides is 1. The second-order valence-electron chi connectivity index (χ2n) is 8.04. The van der Waals surface area contributed by atoms with Gasteiger partial charge in [0, 0.05) is 17.5 Å². The van der Waals surface area contributed by atoms with Crippen molar-refractivity contribution in [3.8, 4) is 11.5 Å². The summed E-state index contributed by atoms with van der Waals surface area (Å²) in [5.41, 5.74) is 3.13. The number of aromatic hydroxyl groups is 1. The first-order valence-corrected chi connectivity index (χ1v) is 11.3. The molecule has 3 aromatic rings. The highest BCUT2D eigenvalue weighted by Crippen LogP contribution is 2.30. The number of phenols is 1. The van der Waals surface area contributed by atoms with Crippen LogP contribution in [0.3, 0.4) is 0 Å². The van der Waals surface area contributed by atoms with E-state index in [1.54, 1.807) is 30.3 Å². The minimum absolute atomic E-state index is 0.116. The summed E-state index contributed by atoms with van der Waals surface area (Å²) in [7, 11) is 0. The van der Waals surface area contributed by atoms with Gasteiger partial charge in [-0.15, -0.1) is 0 Å². The number of ether oxygens (including phenoxy) is 1. The van der Waals surface area contributed by atoms with Gasteiger partial charge in [0.2, 0.25) is 0 Å². The van der Waals surface area contributed by atoms with Crippen LogP contribution in [0.25, 0.3) is 10.8 Å². The molecule has 0 aromatic heterocycles. The van der Waals surface area contributed by atoms with E-state index in [9.17, 15) is 14.7 Å². The van der Waals surface area contributed by atoms with Crippen LogP contribution < -0.4 is 10.1 Å². The summed E-state index contributed by atoms with van der Waals surface area (Å²) < 4.78 is 5.88. The molecule has 2 N–H and O–H groups in total. The van der Waals surface area contributed by atoms with Crippen LogP contribution in [-0.4, -0.2) is 30.5 Å². The van der Waals surface area contributed by atoms with E-state index >= 15 is 0 Å². The lowest BCUT2D eigenvalue weighted by molar-refractivity contribution is 0.0949. The zero-order valence-corrected chi connectivity index (χ0v) is 18.8. The van der Waals surface area contributed by atoms with Crippen LogP contribution in [0.15, 0.2) is 48.5 Å². The van der Waals surface area contributed by atoms with Gasteiger partial charge in [-0.3, -0.25) is 9.59 Å². The molecule has 0 spiro atoms. The van der Waals surface area contributed by atoms with Crippen molar-refractivity contribution in [1.82, 2.24) is 5.32 Å². The minimum atomic E-state index is -0.353. The predicted molar refractivity (Wildman–Crippen MR) is 128 cm³/mol. The first-order valence-electron chi connectivity index (χ1n) is 11.3. The summed E-state index contributed by atoms with van der Waals surface area (Å²) >= 11 is 0. The fourth-order valence-corrected chi connectivity index (χ4v) is 3.81. The molecule has 0 saturated carbocycles. The van der Waals surface area contributed by atoms with Crippen molar-refractivity contribution in [2.45, 2.75) is 46.0 Å². The second kappa shape index (κ2) is 11.3. The molecule has 5 heteroatoms. The van der Waals surface area contributed by atoms with E-state index in [1.165, 1.54) is 24.8 Å². The van der Waals surface area contributed by atoms with Crippen molar-refractivity contribution >= 4 is 23.0 Å². The second-order valence-corrected chi connectivity index (χ2v) is 8.04. The molecular weight excluding hydrogens is 402 g/mol. The van der Waals surface area contributed by atoms with E-state index < -0.39 is 0 Å². The molecule has 0 aliphatic carbocycles. The van der Waals surface area contributed by atoms with E-state index in [-0.39, 0.29) is 17.2 Å². The number of hydrogen-bond acceptors (Lipinski definition) is 4. The summed E-state index contributed by atoms with van der Waals surface area (Å²) in [6, 6.07) is 14.6. The van der Waals surface area contributed by atoms with Crippen LogP contribution in [0, 0.1) is 6.92 Å². The molecule has 1 amide bonds. The van der Waals surface area contributed by atoms with E-state index in [1.807, 2.05) is 6.07 Å². The molecule has 0 radical (unpaired) electrons. The number of carbonyl (C=O) groups excluding carboxylic acids is 2. The number of phenolic OH excluding ortho intramolecular Hbond substituents is 1. The molecule has 3 aromatic carbocycles. The molecule has 0 saturated heterocycles. The molecule has 3 rings (SSSR count). The summed E-state index contributed by atoms with van der Waals surface area (Å²) in [6.45, 7) is 5.18. The topological polar surface area (TPSA) is 75.6 Å². The molecule has 0 bridgehead atoms. The van der Waals surface area contributed by atoms with Gasteiger partial charge < -0.3 is 15.2 Å². The molecule has 0 fully saturated rings. The largest absolute Gasteiger partial charge is 0.506 e. The lowest BCUT2D eigenvalue weighted by Gasteiger charge is -2.12. The fraction of sp³-hybridized carbons (Fsp3) is 0.333. The molecule has 0 aliphatic heterocycles. The summed E-state index contributed by atoms with van der Waals surface area (Å²) in [5, 5.41) is 14.4. The Bertz CT molecular complexity index is 1090. The number of aryl methyl sites for hydroxylation is 2. The number of hydrogen-bond donors (Lipinski definition) is 2. The van der Waals surface area contributed by atoms with Gasteiger partial charge in [-0.1, -0.05) is 56.2 Å². The molecule has 0 atom stereocenters. The standard InChI is InChI=1S/C27H31NO4/c1-3-4-5-8-20-11-14-25(19(2)17-20)32-16-7-15-28-27(31)24-13-12-22-21(18-29)9-6-10-23(22)26(24)30/h6,9-14,17-18,30H,3-5,7-8,15-16H2,1-2H3,(H,28,31). The highest BCUT2D eigenvalue weighted by molar-refractivity contribution is 6.07. The molecular formula is C27H31NO4. The van der Waals surface area contributed by atoms with Crippen molar-refractivity contribution in [3.05, 3.63) is 70.8 Å².